The maximum absolute atomic E-state index is 10.5. The first-order chi connectivity index (χ1) is 10.4. The Labute approximate surface area is 126 Å². The lowest BCUT2D eigenvalue weighted by molar-refractivity contribution is -0.136. The smallest absolute Gasteiger partial charge is 0.336 e. The van der Waals surface area contributed by atoms with E-state index < -0.39 is 17.9 Å². The average Bonchev–Trinajstić information content (AvgIpc) is 2.48. The first kappa shape index (κ1) is 16.9. The largest absolute Gasteiger partial charge is 0.481 e. The molecule has 0 aliphatic carbocycles. The Balaban J connectivity index is 0.000000224. The van der Waals surface area contributed by atoms with E-state index in [9.17, 15) is 14.4 Å². The molecule has 0 amide bonds. The van der Waals surface area contributed by atoms with Gasteiger partial charge >= 0.3 is 17.9 Å². The molecule has 0 unspecified atom stereocenters. The van der Waals surface area contributed by atoms with Crippen molar-refractivity contribution in [3.63, 3.8) is 0 Å². The van der Waals surface area contributed by atoms with E-state index in [4.69, 9.17) is 15.3 Å². The lowest BCUT2D eigenvalue weighted by Gasteiger charge is -1.98. The Kier molecular flexibility index (Phi) is 6.31. The Morgan fingerprint density at radius 3 is 1.45 bits per heavy atom. The van der Waals surface area contributed by atoms with Gasteiger partial charge in [-0.1, -0.05) is 42.5 Å². The van der Waals surface area contributed by atoms with Crippen molar-refractivity contribution < 1.29 is 29.7 Å². The molecule has 6 nitrogen and oxygen atoms in total. The van der Waals surface area contributed by atoms with Crippen LogP contribution in [-0.4, -0.2) is 33.2 Å². The van der Waals surface area contributed by atoms with E-state index >= 15 is 0 Å². The molecule has 0 aliphatic heterocycles. The van der Waals surface area contributed by atoms with Crippen LogP contribution in [0.1, 0.15) is 26.3 Å². The summed E-state index contributed by atoms with van der Waals surface area (Å²) in [5.74, 6) is -3.24. The normalized spacial score (nSPS) is 9.27. The van der Waals surface area contributed by atoms with Crippen LogP contribution in [-0.2, 0) is 11.2 Å². The zero-order valence-corrected chi connectivity index (χ0v) is 11.5. The SMILES string of the molecule is O=C(O)Cc1ccccc1.O=C(O)c1ccccc1C(=O)O. The molecule has 0 heterocycles. The van der Waals surface area contributed by atoms with Crippen molar-refractivity contribution in [2.45, 2.75) is 6.42 Å². The minimum Gasteiger partial charge on any atom is -0.481 e. The van der Waals surface area contributed by atoms with E-state index in [0.29, 0.717) is 0 Å². The van der Waals surface area contributed by atoms with Crippen LogP contribution < -0.4 is 0 Å². The van der Waals surface area contributed by atoms with Gasteiger partial charge in [-0.3, -0.25) is 4.79 Å². The number of rotatable bonds is 4. The van der Waals surface area contributed by atoms with Crippen LogP contribution in [0.4, 0.5) is 0 Å². The lowest BCUT2D eigenvalue weighted by atomic mass is 10.1. The lowest BCUT2D eigenvalue weighted by Crippen LogP contribution is -2.06. The summed E-state index contributed by atoms with van der Waals surface area (Å²) in [6.45, 7) is 0. The summed E-state index contributed by atoms with van der Waals surface area (Å²) in [5, 5.41) is 25.5. The van der Waals surface area contributed by atoms with Gasteiger partial charge in [-0.05, 0) is 17.7 Å². The van der Waals surface area contributed by atoms with Crippen molar-refractivity contribution in [1.29, 1.82) is 0 Å². The predicted octanol–water partition coefficient (Wildman–Crippen LogP) is 2.40. The molecule has 0 aliphatic rings. The number of carboxylic acids is 3. The maximum atomic E-state index is 10.5. The molecule has 0 spiro atoms. The Hall–Kier alpha value is -3.15. The summed E-state index contributed by atoms with van der Waals surface area (Å²) < 4.78 is 0. The fourth-order valence-electron chi connectivity index (χ4n) is 1.63. The molecule has 114 valence electrons. The standard InChI is InChI=1S/C8H6O4.C8H8O2/c9-7(10)5-3-1-2-4-6(5)8(11)12;9-8(10)6-7-4-2-1-3-5-7/h1-4H,(H,9,10)(H,11,12);1-5H,6H2,(H,9,10). The van der Waals surface area contributed by atoms with Gasteiger partial charge < -0.3 is 15.3 Å². The highest BCUT2D eigenvalue weighted by Gasteiger charge is 2.13. The minimum atomic E-state index is -1.23. The van der Waals surface area contributed by atoms with Crippen molar-refractivity contribution in [2.24, 2.45) is 0 Å². The van der Waals surface area contributed by atoms with Gasteiger partial charge in [-0.2, -0.15) is 0 Å². The zero-order valence-electron chi connectivity index (χ0n) is 11.5. The predicted molar refractivity (Wildman–Crippen MR) is 78.1 cm³/mol. The number of hydrogen-bond acceptors (Lipinski definition) is 3. The molecule has 2 aromatic rings. The quantitative estimate of drug-likeness (QED) is 0.799. The van der Waals surface area contributed by atoms with Crippen LogP contribution in [0.2, 0.25) is 0 Å². The summed E-state index contributed by atoms with van der Waals surface area (Å²) in [4.78, 5) is 31.1. The Morgan fingerprint density at radius 2 is 1.09 bits per heavy atom. The second kappa shape index (κ2) is 8.21. The fourth-order valence-corrected chi connectivity index (χ4v) is 1.63. The molecule has 0 fully saturated rings. The molecule has 2 aromatic carbocycles. The summed E-state index contributed by atoms with van der Waals surface area (Å²) in [5.41, 5.74) is 0.463. The van der Waals surface area contributed by atoms with Crippen molar-refractivity contribution in [2.75, 3.05) is 0 Å². The van der Waals surface area contributed by atoms with Gasteiger partial charge in [0.1, 0.15) is 0 Å². The second-order valence-corrected chi connectivity index (χ2v) is 4.21. The molecular formula is C16H14O6. The molecule has 6 heteroatoms. The molecular weight excluding hydrogens is 288 g/mol. The van der Waals surface area contributed by atoms with Crippen molar-refractivity contribution in [3.05, 3.63) is 71.3 Å². The van der Waals surface area contributed by atoms with E-state index in [1.165, 1.54) is 24.3 Å². The fraction of sp³-hybridized carbons (Fsp3) is 0.0625. The summed E-state index contributed by atoms with van der Waals surface area (Å²) in [6.07, 6.45) is 0.112. The molecule has 0 aromatic heterocycles. The average molecular weight is 302 g/mol. The third-order valence-corrected chi connectivity index (χ3v) is 2.59. The topological polar surface area (TPSA) is 112 Å². The van der Waals surface area contributed by atoms with Crippen molar-refractivity contribution in [1.82, 2.24) is 0 Å². The zero-order chi connectivity index (χ0) is 16.5. The number of aromatic carboxylic acids is 2. The van der Waals surface area contributed by atoms with Gasteiger partial charge in [-0.15, -0.1) is 0 Å². The number of carbonyl (C=O) groups is 3. The van der Waals surface area contributed by atoms with Crippen LogP contribution in [0.25, 0.3) is 0 Å². The van der Waals surface area contributed by atoms with Gasteiger partial charge in [-0.25, -0.2) is 9.59 Å². The van der Waals surface area contributed by atoms with Crippen molar-refractivity contribution >= 4 is 17.9 Å². The van der Waals surface area contributed by atoms with E-state index in [-0.39, 0.29) is 17.5 Å². The number of benzene rings is 2. The Bertz CT molecular complexity index is 630. The number of carboxylic acid groups (broad SMARTS) is 3. The van der Waals surface area contributed by atoms with E-state index in [2.05, 4.69) is 0 Å². The van der Waals surface area contributed by atoms with Gasteiger partial charge in [0, 0.05) is 0 Å². The van der Waals surface area contributed by atoms with Crippen molar-refractivity contribution in [3.8, 4) is 0 Å². The molecule has 0 saturated heterocycles. The monoisotopic (exact) mass is 302 g/mol. The van der Waals surface area contributed by atoms with Gasteiger partial charge in [0.05, 0.1) is 17.5 Å². The molecule has 0 bridgehead atoms. The second-order valence-electron chi connectivity index (χ2n) is 4.21. The first-order valence-corrected chi connectivity index (χ1v) is 6.23. The summed E-state index contributed by atoms with van der Waals surface area (Å²) >= 11 is 0. The summed E-state index contributed by atoms with van der Waals surface area (Å²) in [7, 11) is 0. The molecule has 0 radical (unpaired) electrons. The third kappa shape index (κ3) is 5.46. The number of aliphatic carboxylic acids is 1. The van der Waals surface area contributed by atoms with Crippen LogP contribution >= 0.6 is 0 Å². The molecule has 2 rings (SSSR count). The van der Waals surface area contributed by atoms with Crippen LogP contribution in [0.15, 0.2) is 54.6 Å². The molecule has 3 N–H and O–H groups in total. The van der Waals surface area contributed by atoms with Gasteiger partial charge in [0.15, 0.2) is 0 Å². The van der Waals surface area contributed by atoms with E-state index in [1.807, 2.05) is 18.2 Å². The Morgan fingerprint density at radius 1 is 0.682 bits per heavy atom. The van der Waals surface area contributed by atoms with E-state index in [1.54, 1.807) is 12.1 Å². The minimum absolute atomic E-state index is 0.112. The van der Waals surface area contributed by atoms with Gasteiger partial charge in [0.2, 0.25) is 0 Å². The highest BCUT2D eigenvalue weighted by molar-refractivity contribution is 6.01. The third-order valence-electron chi connectivity index (χ3n) is 2.59. The van der Waals surface area contributed by atoms with Crippen LogP contribution in [0, 0.1) is 0 Å². The highest BCUT2D eigenvalue weighted by atomic mass is 16.4. The van der Waals surface area contributed by atoms with Crippen LogP contribution in [0.3, 0.4) is 0 Å². The molecule has 22 heavy (non-hydrogen) atoms. The first-order valence-electron chi connectivity index (χ1n) is 6.23. The molecule has 0 saturated carbocycles. The van der Waals surface area contributed by atoms with Crippen LogP contribution in [0.5, 0.6) is 0 Å². The maximum Gasteiger partial charge on any atom is 0.336 e. The van der Waals surface area contributed by atoms with Gasteiger partial charge in [0.25, 0.3) is 0 Å². The molecule has 0 atom stereocenters. The summed E-state index contributed by atoms with van der Waals surface area (Å²) in [6, 6.07) is 14.6. The number of hydrogen-bond donors (Lipinski definition) is 3. The highest BCUT2D eigenvalue weighted by Crippen LogP contribution is 2.07. The van der Waals surface area contributed by atoms with E-state index in [0.717, 1.165) is 5.56 Å².